The van der Waals surface area contributed by atoms with E-state index in [2.05, 4.69) is 0 Å². The van der Waals surface area contributed by atoms with Gasteiger partial charge in [-0.15, -0.1) is 0 Å². The zero-order chi connectivity index (χ0) is 12.2. The van der Waals surface area contributed by atoms with Gasteiger partial charge in [-0.3, -0.25) is 0 Å². The van der Waals surface area contributed by atoms with E-state index in [1.54, 1.807) is 0 Å². The predicted molar refractivity (Wildman–Crippen MR) is 54.8 cm³/mol. The third kappa shape index (κ3) is 1.18. The van der Waals surface area contributed by atoms with Crippen LogP contribution in [0, 0.1) is 11.6 Å². The molecule has 0 fully saturated rings. The van der Waals surface area contributed by atoms with Crippen LogP contribution in [0.4, 0.5) is 17.6 Å². The molecule has 0 aliphatic heterocycles. The summed E-state index contributed by atoms with van der Waals surface area (Å²) in [6.07, 6.45) is 0. The van der Waals surface area contributed by atoms with Crippen LogP contribution in [0.3, 0.4) is 0 Å². The van der Waals surface area contributed by atoms with Crippen molar-refractivity contribution in [3.63, 3.8) is 0 Å². The minimum absolute atomic E-state index is 0.0597. The Hall–Kier alpha value is -1.84. The van der Waals surface area contributed by atoms with Gasteiger partial charge in [0.05, 0.1) is 11.1 Å². The molecule has 0 heterocycles. The second-order valence-electron chi connectivity index (χ2n) is 3.90. The van der Waals surface area contributed by atoms with Gasteiger partial charge in [-0.1, -0.05) is 24.3 Å². The molecule has 0 nitrogen and oxygen atoms in total. The van der Waals surface area contributed by atoms with Gasteiger partial charge >= 0.3 is 5.92 Å². The molecule has 2 aromatic carbocycles. The molecule has 1 aliphatic carbocycles. The van der Waals surface area contributed by atoms with E-state index < -0.39 is 28.7 Å². The summed E-state index contributed by atoms with van der Waals surface area (Å²) in [5.74, 6) is -5.63. The van der Waals surface area contributed by atoms with Crippen molar-refractivity contribution in [2.75, 3.05) is 0 Å². The first-order chi connectivity index (χ1) is 8.03. The lowest BCUT2D eigenvalue weighted by atomic mass is 10.1. The first kappa shape index (κ1) is 10.3. The third-order valence-corrected chi connectivity index (χ3v) is 2.95. The molecule has 0 radical (unpaired) electrons. The van der Waals surface area contributed by atoms with Gasteiger partial charge in [0, 0.05) is 0 Å². The van der Waals surface area contributed by atoms with E-state index >= 15 is 0 Å². The molecule has 0 atom stereocenters. The zero-order valence-corrected chi connectivity index (χ0v) is 8.48. The molecule has 86 valence electrons. The molecule has 0 bridgehead atoms. The number of hydrogen-bond donors (Lipinski definition) is 0. The van der Waals surface area contributed by atoms with E-state index in [0.29, 0.717) is 0 Å². The van der Waals surface area contributed by atoms with Gasteiger partial charge in [0.25, 0.3) is 0 Å². The third-order valence-electron chi connectivity index (χ3n) is 2.95. The normalized spacial score (nSPS) is 15.5. The van der Waals surface area contributed by atoms with Crippen molar-refractivity contribution in [2.45, 2.75) is 5.92 Å². The fraction of sp³-hybridized carbons (Fsp3) is 0.0769. The Morgan fingerprint density at radius 1 is 0.706 bits per heavy atom. The highest BCUT2D eigenvalue weighted by Crippen LogP contribution is 2.52. The second-order valence-corrected chi connectivity index (χ2v) is 3.90. The molecule has 0 N–H and O–H groups in total. The summed E-state index contributed by atoms with van der Waals surface area (Å²) < 4.78 is 54.9. The van der Waals surface area contributed by atoms with Crippen molar-refractivity contribution in [2.24, 2.45) is 0 Å². The lowest BCUT2D eigenvalue weighted by molar-refractivity contribution is 0.0405. The Bertz CT molecular complexity index is 563. The van der Waals surface area contributed by atoms with E-state index in [1.807, 2.05) is 0 Å². The van der Waals surface area contributed by atoms with Crippen LogP contribution in [0.2, 0.25) is 0 Å². The van der Waals surface area contributed by atoms with E-state index in [1.165, 1.54) is 24.3 Å². The fourth-order valence-electron chi connectivity index (χ4n) is 2.26. The van der Waals surface area contributed by atoms with Crippen LogP contribution in [0.1, 0.15) is 11.1 Å². The molecule has 0 spiro atoms. The van der Waals surface area contributed by atoms with Crippen LogP contribution in [0.5, 0.6) is 0 Å². The largest absolute Gasteiger partial charge is 0.305 e. The number of hydrogen-bond acceptors (Lipinski definition) is 0. The summed E-state index contributed by atoms with van der Waals surface area (Å²) in [4.78, 5) is 0. The Kier molecular flexibility index (Phi) is 1.88. The molecule has 2 aromatic rings. The molecule has 3 rings (SSSR count). The van der Waals surface area contributed by atoms with Crippen molar-refractivity contribution in [3.05, 3.63) is 59.2 Å². The maximum absolute atomic E-state index is 14.0. The first-order valence-electron chi connectivity index (χ1n) is 4.99. The number of fused-ring (bicyclic) bond motifs is 3. The highest BCUT2D eigenvalue weighted by atomic mass is 19.3. The van der Waals surface area contributed by atoms with Gasteiger partial charge in [-0.2, -0.15) is 8.78 Å². The summed E-state index contributed by atoms with van der Waals surface area (Å²) in [6, 6.07) is 7.33. The van der Waals surface area contributed by atoms with Crippen LogP contribution in [0.15, 0.2) is 36.4 Å². The zero-order valence-electron chi connectivity index (χ0n) is 8.48. The van der Waals surface area contributed by atoms with Gasteiger partial charge in [0.1, 0.15) is 11.6 Å². The molecule has 0 unspecified atom stereocenters. The smallest absolute Gasteiger partial charge is 0.206 e. The summed E-state index contributed by atoms with van der Waals surface area (Å²) in [5, 5.41) is 0. The van der Waals surface area contributed by atoms with E-state index in [4.69, 9.17) is 0 Å². The van der Waals surface area contributed by atoms with E-state index in [9.17, 15) is 17.6 Å². The van der Waals surface area contributed by atoms with E-state index in [-0.39, 0.29) is 11.1 Å². The van der Waals surface area contributed by atoms with E-state index in [0.717, 1.165) is 12.1 Å². The molecule has 0 aromatic heterocycles. The number of rotatable bonds is 0. The Morgan fingerprint density at radius 2 is 1.12 bits per heavy atom. The van der Waals surface area contributed by atoms with Crippen molar-refractivity contribution in [1.29, 1.82) is 0 Å². The Balaban J connectivity index is 2.46. The summed E-state index contributed by atoms with van der Waals surface area (Å²) in [5.41, 5.74) is -1.35. The fourth-order valence-corrected chi connectivity index (χ4v) is 2.26. The summed E-state index contributed by atoms with van der Waals surface area (Å²) in [7, 11) is 0. The Labute approximate surface area is 94.5 Å². The number of alkyl halides is 2. The molecule has 4 heteroatoms. The highest BCUT2D eigenvalue weighted by Gasteiger charge is 2.48. The van der Waals surface area contributed by atoms with Crippen LogP contribution in [-0.2, 0) is 5.92 Å². The quantitative estimate of drug-likeness (QED) is 0.606. The summed E-state index contributed by atoms with van der Waals surface area (Å²) in [6.45, 7) is 0. The van der Waals surface area contributed by atoms with Crippen LogP contribution >= 0.6 is 0 Å². The second kappa shape index (κ2) is 3.09. The van der Waals surface area contributed by atoms with Gasteiger partial charge in [-0.05, 0) is 23.3 Å². The highest BCUT2D eigenvalue weighted by molar-refractivity contribution is 5.79. The van der Waals surface area contributed by atoms with Gasteiger partial charge in [-0.25, -0.2) is 8.78 Å². The minimum Gasteiger partial charge on any atom is -0.206 e. The number of halogens is 4. The molecular formula is C13H6F4. The molecule has 0 saturated carbocycles. The monoisotopic (exact) mass is 238 g/mol. The van der Waals surface area contributed by atoms with Gasteiger partial charge < -0.3 is 0 Å². The van der Waals surface area contributed by atoms with Crippen molar-refractivity contribution >= 4 is 0 Å². The average Bonchev–Trinajstić information content (AvgIpc) is 2.50. The van der Waals surface area contributed by atoms with Gasteiger partial charge in [0.15, 0.2) is 0 Å². The first-order valence-corrected chi connectivity index (χ1v) is 4.99. The van der Waals surface area contributed by atoms with Gasteiger partial charge in [0.2, 0.25) is 0 Å². The topological polar surface area (TPSA) is 0 Å². The van der Waals surface area contributed by atoms with Crippen molar-refractivity contribution in [3.8, 4) is 11.1 Å². The predicted octanol–water partition coefficient (Wildman–Crippen LogP) is 4.09. The van der Waals surface area contributed by atoms with Crippen LogP contribution < -0.4 is 0 Å². The Morgan fingerprint density at radius 3 is 1.53 bits per heavy atom. The SMILES string of the molecule is Fc1cccc2c1C(F)(F)c1c(F)cccc1-2. The lowest BCUT2D eigenvalue weighted by Crippen LogP contribution is -2.14. The molecule has 17 heavy (non-hydrogen) atoms. The standard InChI is InChI=1S/C13H6F4/c14-9-5-1-3-7-8-4-2-6-10(15)12(8)13(16,17)11(7)9/h1-6H. The lowest BCUT2D eigenvalue weighted by Gasteiger charge is -2.13. The minimum atomic E-state index is -3.61. The molecule has 0 amide bonds. The number of benzene rings is 2. The van der Waals surface area contributed by atoms with Crippen molar-refractivity contribution < 1.29 is 17.6 Å². The van der Waals surface area contributed by atoms with Crippen LogP contribution in [0.25, 0.3) is 11.1 Å². The molecule has 1 aliphatic rings. The van der Waals surface area contributed by atoms with Crippen LogP contribution in [-0.4, -0.2) is 0 Å². The molecular weight excluding hydrogens is 232 g/mol. The maximum Gasteiger partial charge on any atom is 0.305 e. The average molecular weight is 238 g/mol. The summed E-state index contributed by atoms with van der Waals surface area (Å²) >= 11 is 0. The molecule has 0 saturated heterocycles. The van der Waals surface area contributed by atoms with Crippen molar-refractivity contribution in [1.82, 2.24) is 0 Å². The maximum atomic E-state index is 14.0.